The van der Waals surface area contributed by atoms with Crippen molar-refractivity contribution < 1.29 is 22.7 Å². The molecule has 1 aliphatic carbocycles. The first-order valence-electron chi connectivity index (χ1n) is 15.1. The van der Waals surface area contributed by atoms with Crippen molar-refractivity contribution in [3.63, 3.8) is 0 Å². The van der Waals surface area contributed by atoms with E-state index in [2.05, 4.69) is 9.97 Å². The molecular weight excluding hydrogens is 501 g/mol. The molecule has 1 saturated carbocycles. The van der Waals surface area contributed by atoms with Gasteiger partial charge >= 0.3 is 12.1 Å². The molecule has 0 spiro atoms. The zero-order valence-electron chi connectivity index (χ0n) is 23.5. The van der Waals surface area contributed by atoms with Crippen LogP contribution in [0.1, 0.15) is 115 Å². The minimum atomic E-state index is -4.62. The standard InChI is InChI=1S/C32H45F3N2O2/c1-2-3-4-11-18-29(32(33,34)35)31(38)39-28-21-19-27(20-22-28)30-36-23-26(24-37-30)17-10-8-6-5-7-9-14-25-15-12-13-16-25/h19-25,29H,2-18H2,1H3/t29-/m1/s1. The van der Waals surface area contributed by atoms with E-state index >= 15 is 0 Å². The highest BCUT2D eigenvalue weighted by atomic mass is 19.4. The monoisotopic (exact) mass is 546 g/mol. The molecule has 1 atom stereocenters. The number of carbonyl (C=O) groups excluding carboxylic acids is 1. The minimum absolute atomic E-state index is 0.0849. The van der Waals surface area contributed by atoms with E-state index in [0.29, 0.717) is 24.2 Å². The number of aromatic nitrogens is 2. The van der Waals surface area contributed by atoms with E-state index in [0.717, 1.165) is 37.2 Å². The number of unbranched alkanes of at least 4 members (excludes halogenated alkanes) is 8. The fourth-order valence-electron chi connectivity index (χ4n) is 5.45. The number of hydrogen-bond acceptors (Lipinski definition) is 4. The molecule has 39 heavy (non-hydrogen) atoms. The lowest BCUT2D eigenvalue weighted by Gasteiger charge is -2.18. The molecule has 0 N–H and O–H groups in total. The van der Waals surface area contributed by atoms with Gasteiger partial charge in [-0.25, -0.2) is 9.97 Å². The van der Waals surface area contributed by atoms with Crippen molar-refractivity contribution in [3.05, 3.63) is 42.2 Å². The Bertz CT molecular complexity index is 955. The Morgan fingerprint density at radius 2 is 1.51 bits per heavy atom. The highest BCUT2D eigenvalue weighted by Crippen LogP contribution is 2.33. The molecule has 0 bridgehead atoms. The van der Waals surface area contributed by atoms with E-state index in [4.69, 9.17) is 4.74 Å². The fourth-order valence-corrected chi connectivity index (χ4v) is 5.45. The first-order valence-corrected chi connectivity index (χ1v) is 15.1. The molecule has 7 heteroatoms. The highest BCUT2D eigenvalue weighted by molar-refractivity contribution is 5.76. The maximum atomic E-state index is 13.4. The van der Waals surface area contributed by atoms with E-state index in [1.165, 1.54) is 76.3 Å². The van der Waals surface area contributed by atoms with Gasteiger partial charge in [-0.3, -0.25) is 4.79 Å². The summed E-state index contributed by atoms with van der Waals surface area (Å²) in [4.78, 5) is 21.2. The predicted molar refractivity (Wildman–Crippen MR) is 149 cm³/mol. The van der Waals surface area contributed by atoms with Gasteiger partial charge in [-0.05, 0) is 55.0 Å². The van der Waals surface area contributed by atoms with Crippen LogP contribution in [0, 0.1) is 11.8 Å². The van der Waals surface area contributed by atoms with Crippen LogP contribution in [0.2, 0.25) is 0 Å². The normalized spacial score (nSPS) is 15.0. The number of halogens is 3. The second-order valence-corrected chi connectivity index (χ2v) is 11.1. The number of ether oxygens (including phenoxy) is 1. The first kappa shape index (κ1) is 31.1. The average Bonchev–Trinajstić information content (AvgIpc) is 3.44. The van der Waals surface area contributed by atoms with Crippen LogP contribution in [-0.4, -0.2) is 22.1 Å². The molecule has 0 unspecified atom stereocenters. The third kappa shape index (κ3) is 11.3. The summed E-state index contributed by atoms with van der Waals surface area (Å²) in [5.74, 6) is -1.74. The van der Waals surface area contributed by atoms with Crippen LogP contribution in [0.3, 0.4) is 0 Å². The largest absolute Gasteiger partial charge is 0.426 e. The molecule has 216 valence electrons. The Morgan fingerprint density at radius 1 is 0.897 bits per heavy atom. The molecule has 4 nitrogen and oxygen atoms in total. The number of hydrogen-bond donors (Lipinski definition) is 0. The number of aryl methyl sites for hydroxylation is 1. The molecule has 3 rings (SSSR count). The van der Waals surface area contributed by atoms with Crippen molar-refractivity contribution in [2.24, 2.45) is 11.8 Å². The summed E-state index contributed by atoms with van der Waals surface area (Å²) in [6.45, 7) is 1.99. The first-order chi connectivity index (χ1) is 18.9. The molecule has 2 aromatic rings. The summed E-state index contributed by atoms with van der Waals surface area (Å²) in [6.07, 6.45) is 17.4. The Balaban J connectivity index is 1.38. The number of alkyl halides is 3. The average molecular weight is 547 g/mol. The zero-order valence-corrected chi connectivity index (χ0v) is 23.5. The van der Waals surface area contributed by atoms with Gasteiger partial charge in [-0.1, -0.05) is 96.8 Å². The molecule has 1 aliphatic rings. The summed E-state index contributed by atoms with van der Waals surface area (Å²) in [5.41, 5.74) is 1.81. The number of nitrogens with zero attached hydrogens (tertiary/aromatic N) is 2. The van der Waals surface area contributed by atoms with Crippen molar-refractivity contribution in [2.75, 3.05) is 0 Å². The Labute approximate surface area is 232 Å². The number of benzene rings is 1. The summed E-state index contributed by atoms with van der Waals surface area (Å²) in [7, 11) is 0. The number of esters is 1. The minimum Gasteiger partial charge on any atom is -0.426 e. The van der Waals surface area contributed by atoms with Crippen molar-refractivity contribution in [1.29, 1.82) is 0 Å². The summed E-state index contributed by atoms with van der Waals surface area (Å²) < 4.78 is 45.3. The summed E-state index contributed by atoms with van der Waals surface area (Å²) >= 11 is 0. The smallest absolute Gasteiger partial charge is 0.402 e. The molecular formula is C32H45F3N2O2. The third-order valence-corrected chi connectivity index (χ3v) is 7.86. The van der Waals surface area contributed by atoms with Crippen molar-refractivity contribution in [1.82, 2.24) is 9.97 Å². The van der Waals surface area contributed by atoms with Crippen LogP contribution in [-0.2, 0) is 11.2 Å². The van der Waals surface area contributed by atoms with Gasteiger partial charge in [0, 0.05) is 18.0 Å². The molecule has 0 aliphatic heterocycles. The Kier molecular flexibility index (Phi) is 13.2. The summed E-state index contributed by atoms with van der Waals surface area (Å²) in [5, 5.41) is 0. The molecule has 1 heterocycles. The van der Waals surface area contributed by atoms with E-state index < -0.39 is 18.1 Å². The number of rotatable bonds is 17. The van der Waals surface area contributed by atoms with Gasteiger partial charge in [0.15, 0.2) is 11.7 Å². The molecule has 0 radical (unpaired) electrons. The lowest BCUT2D eigenvalue weighted by atomic mass is 9.99. The van der Waals surface area contributed by atoms with Crippen molar-refractivity contribution >= 4 is 5.97 Å². The van der Waals surface area contributed by atoms with E-state index in [1.807, 2.05) is 19.3 Å². The topological polar surface area (TPSA) is 52.1 Å². The highest BCUT2D eigenvalue weighted by Gasteiger charge is 2.45. The maximum absolute atomic E-state index is 13.4. The molecule has 0 saturated heterocycles. The van der Waals surface area contributed by atoms with Crippen LogP contribution in [0.5, 0.6) is 5.75 Å². The zero-order chi connectivity index (χ0) is 27.9. The van der Waals surface area contributed by atoms with Crippen LogP contribution in [0.15, 0.2) is 36.7 Å². The van der Waals surface area contributed by atoms with Crippen molar-refractivity contribution in [3.8, 4) is 17.1 Å². The molecule has 1 fully saturated rings. The lowest BCUT2D eigenvalue weighted by molar-refractivity contribution is -0.193. The Hall–Kier alpha value is -2.44. The summed E-state index contributed by atoms with van der Waals surface area (Å²) in [6, 6.07) is 6.30. The second kappa shape index (κ2) is 16.6. The van der Waals surface area contributed by atoms with Gasteiger partial charge in [0.1, 0.15) is 5.75 Å². The van der Waals surface area contributed by atoms with Gasteiger partial charge in [0.05, 0.1) is 0 Å². The van der Waals surface area contributed by atoms with Gasteiger partial charge in [-0.2, -0.15) is 13.2 Å². The quantitative estimate of drug-likeness (QED) is 0.113. The molecule has 0 amide bonds. The SMILES string of the molecule is CCCCCC[C@H](C(=O)Oc1ccc(-c2ncc(CCCCCCCCC3CCCC3)cn2)cc1)C(F)(F)F. The second-order valence-electron chi connectivity index (χ2n) is 11.1. The van der Waals surface area contributed by atoms with Gasteiger partial charge in [-0.15, -0.1) is 0 Å². The van der Waals surface area contributed by atoms with Crippen LogP contribution in [0.4, 0.5) is 13.2 Å². The van der Waals surface area contributed by atoms with E-state index in [-0.39, 0.29) is 12.2 Å². The lowest BCUT2D eigenvalue weighted by Crippen LogP contribution is -2.33. The molecule has 1 aromatic carbocycles. The van der Waals surface area contributed by atoms with Crippen LogP contribution >= 0.6 is 0 Å². The fraction of sp³-hybridized carbons (Fsp3) is 0.656. The van der Waals surface area contributed by atoms with Gasteiger partial charge in [0.25, 0.3) is 0 Å². The predicted octanol–water partition coefficient (Wildman–Crippen LogP) is 9.66. The van der Waals surface area contributed by atoms with Gasteiger partial charge in [0.2, 0.25) is 0 Å². The van der Waals surface area contributed by atoms with Crippen LogP contribution < -0.4 is 4.74 Å². The van der Waals surface area contributed by atoms with Crippen molar-refractivity contribution in [2.45, 2.75) is 122 Å². The van der Waals surface area contributed by atoms with E-state index in [9.17, 15) is 18.0 Å². The van der Waals surface area contributed by atoms with E-state index in [1.54, 1.807) is 12.1 Å². The number of carbonyl (C=O) groups is 1. The van der Waals surface area contributed by atoms with Crippen LogP contribution in [0.25, 0.3) is 11.4 Å². The maximum Gasteiger partial charge on any atom is 0.402 e. The molecule has 1 aromatic heterocycles. The van der Waals surface area contributed by atoms with Gasteiger partial charge < -0.3 is 4.74 Å². The third-order valence-electron chi connectivity index (χ3n) is 7.86. The Morgan fingerprint density at radius 3 is 2.15 bits per heavy atom.